The fourth-order valence-corrected chi connectivity index (χ4v) is 3.26. The van der Waals surface area contributed by atoms with Crippen LogP contribution in [0.5, 0.6) is 5.75 Å². The van der Waals surface area contributed by atoms with Gasteiger partial charge in [0.1, 0.15) is 11.3 Å². The summed E-state index contributed by atoms with van der Waals surface area (Å²) in [7, 11) is 0. The summed E-state index contributed by atoms with van der Waals surface area (Å²) in [6.45, 7) is 1.62. The number of rotatable bonds is 5. The lowest BCUT2D eigenvalue weighted by molar-refractivity contribution is -0.118. The van der Waals surface area contributed by atoms with Gasteiger partial charge in [-0.25, -0.2) is 4.79 Å². The van der Waals surface area contributed by atoms with Gasteiger partial charge in [-0.3, -0.25) is 4.79 Å². The third-order valence-electron chi connectivity index (χ3n) is 2.89. The lowest BCUT2D eigenvalue weighted by atomic mass is 10.2. The van der Waals surface area contributed by atoms with Crippen LogP contribution in [0.4, 0.5) is 5.69 Å². The van der Waals surface area contributed by atoms with Crippen molar-refractivity contribution in [3.05, 3.63) is 56.5 Å². The van der Waals surface area contributed by atoms with E-state index in [1.807, 2.05) is 25.1 Å². The molecule has 0 aliphatic rings. The molecule has 120 valence electrons. The van der Waals surface area contributed by atoms with Crippen LogP contribution >= 0.6 is 31.9 Å². The SMILES string of the molecule is Cc1cccc(NC(=O)COc2c(Br)cc(Br)cc2C(=O)O)c1. The maximum atomic E-state index is 11.9. The molecule has 0 aliphatic heterocycles. The number of carbonyl (C=O) groups excluding carboxylic acids is 1. The number of aromatic carboxylic acids is 1. The summed E-state index contributed by atoms with van der Waals surface area (Å²) in [4.78, 5) is 23.2. The number of carbonyl (C=O) groups is 2. The fourth-order valence-electron chi connectivity index (χ4n) is 1.92. The number of halogens is 2. The third kappa shape index (κ3) is 4.80. The van der Waals surface area contributed by atoms with Crippen LogP contribution in [0.15, 0.2) is 45.3 Å². The molecule has 2 N–H and O–H groups in total. The summed E-state index contributed by atoms with van der Waals surface area (Å²) in [6, 6.07) is 10.4. The zero-order valence-electron chi connectivity index (χ0n) is 12.1. The van der Waals surface area contributed by atoms with E-state index in [0.29, 0.717) is 14.6 Å². The minimum Gasteiger partial charge on any atom is -0.482 e. The molecule has 0 unspecified atom stereocenters. The van der Waals surface area contributed by atoms with Gasteiger partial charge in [0.25, 0.3) is 5.91 Å². The predicted octanol–water partition coefficient (Wildman–Crippen LogP) is 4.24. The number of anilines is 1. The number of nitrogens with one attached hydrogen (secondary N) is 1. The van der Waals surface area contributed by atoms with Crippen molar-refractivity contribution in [3.63, 3.8) is 0 Å². The first-order valence-corrected chi connectivity index (χ1v) is 8.17. The molecule has 0 saturated heterocycles. The van der Waals surface area contributed by atoms with E-state index in [2.05, 4.69) is 37.2 Å². The Labute approximate surface area is 149 Å². The van der Waals surface area contributed by atoms with Crippen molar-refractivity contribution in [2.45, 2.75) is 6.92 Å². The van der Waals surface area contributed by atoms with Crippen LogP contribution < -0.4 is 10.1 Å². The van der Waals surface area contributed by atoms with Crippen LogP contribution in [0.1, 0.15) is 15.9 Å². The average molecular weight is 443 g/mol. The topological polar surface area (TPSA) is 75.6 Å². The van der Waals surface area contributed by atoms with E-state index in [1.165, 1.54) is 6.07 Å². The van der Waals surface area contributed by atoms with Crippen LogP contribution in [0.25, 0.3) is 0 Å². The number of carboxylic acid groups (broad SMARTS) is 1. The standard InChI is InChI=1S/C16H13Br2NO4/c1-9-3-2-4-11(5-9)19-14(20)8-23-15-12(16(21)22)6-10(17)7-13(15)18/h2-7H,8H2,1H3,(H,19,20)(H,21,22). The quantitative estimate of drug-likeness (QED) is 0.726. The van der Waals surface area contributed by atoms with Crippen molar-refractivity contribution < 1.29 is 19.4 Å². The number of hydrogen-bond donors (Lipinski definition) is 2. The van der Waals surface area contributed by atoms with E-state index in [4.69, 9.17) is 4.74 Å². The van der Waals surface area contributed by atoms with Gasteiger partial charge < -0.3 is 15.2 Å². The van der Waals surface area contributed by atoms with Crippen molar-refractivity contribution >= 4 is 49.4 Å². The number of benzene rings is 2. The molecule has 23 heavy (non-hydrogen) atoms. The Morgan fingerprint density at radius 3 is 2.61 bits per heavy atom. The number of aryl methyl sites for hydroxylation is 1. The number of carboxylic acids is 1. The van der Waals surface area contributed by atoms with Crippen molar-refractivity contribution in [2.75, 3.05) is 11.9 Å². The molecule has 0 atom stereocenters. The van der Waals surface area contributed by atoms with E-state index >= 15 is 0 Å². The molecule has 1 amide bonds. The molecule has 2 aromatic carbocycles. The minimum atomic E-state index is -1.14. The molecule has 0 fully saturated rings. The first-order chi connectivity index (χ1) is 10.9. The maximum Gasteiger partial charge on any atom is 0.339 e. The first kappa shape index (κ1) is 17.5. The van der Waals surface area contributed by atoms with Crippen LogP contribution in [0.2, 0.25) is 0 Å². The molecule has 5 nitrogen and oxygen atoms in total. The Kier molecular flexibility index (Phi) is 5.79. The van der Waals surface area contributed by atoms with E-state index in [9.17, 15) is 14.7 Å². The van der Waals surface area contributed by atoms with Crippen LogP contribution in [-0.4, -0.2) is 23.6 Å². The predicted molar refractivity (Wildman–Crippen MR) is 94.1 cm³/mol. The van der Waals surface area contributed by atoms with Gasteiger partial charge in [0.15, 0.2) is 6.61 Å². The van der Waals surface area contributed by atoms with Gasteiger partial charge in [-0.05, 0) is 52.7 Å². The molecule has 0 saturated carbocycles. The van der Waals surface area contributed by atoms with Crippen molar-refractivity contribution in [3.8, 4) is 5.75 Å². The summed E-state index contributed by atoms with van der Waals surface area (Å²) < 4.78 is 6.44. The van der Waals surface area contributed by atoms with Crippen molar-refractivity contribution in [1.82, 2.24) is 0 Å². The van der Waals surface area contributed by atoms with E-state index in [0.717, 1.165) is 5.56 Å². The van der Waals surface area contributed by atoms with Gasteiger partial charge in [-0.1, -0.05) is 28.1 Å². The first-order valence-electron chi connectivity index (χ1n) is 6.58. The normalized spacial score (nSPS) is 10.2. The smallest absolute Gasteiger partial charge is 0.339 e. The monoisotopic (exact) mass is 441 g/mol. The minimum absolute atomic E-state index is 0.0328. The van der Waals surface area contributed by atoms with Crippen LogP contribution in [0, 0.1) is 6.92 Å². The maximum absolute atomic E-state index is 11.9. The zero-order chi connectivity index (χ0) is 17.0. The van der Waals surface area contributed by atoms with Crippen LogP contribution in [-0.2, 0) is 4.79 Å². The Morgan fingerprint density at radius 1 is 1.22 bits per heavy atom. The average Bonchev–Trinajstić information content (AvgIpc) is 2.45. The summed E-state index contributed by atoms with van der Waals surface area (Å²) in [5.41, 5.74) is 1.65. The third-order valence-corrected chi connectivity index (χ3v) is 3.94. The lowest BCUT2D eigenvalue weighted by Crippen LogP contribution is -2.21. The van der Waals surface area contributed by atoms with Crippen LogP contribution in [0.3, 0.4) is 0 Å². The highest BCUT2D eigenvalue weighted by Crippen LogP contribution is 2.33. The molecule has 7 heteroatoms. The molecule has 0 aromatic heterocycles. The Morgan fingerprint density at radius 2 is 1.96 bits per heavy atom. The number of hydrogen-bond acceptors (Lipinski definition) is 3. The Balaban J connectivity index is 2.09. The number of ether oxygens (including phenoxy) is 1. The second kappa shape index (κ2) is 7.61. The molecule has 0 aliphatic carbocycles. The molecule has 2 rings (SSSR count). The van der Waals surface area contributed by atoms with Gasteiger partial charge in [-0.2, -0.15) is 0 Å². The summed E-state index contributed by atoms with van der Waals surface area (Å²) in [5, 5.41) is 11.9. The lowest BCUT2D eigenvalue weighted by Gasteiger charge is -2.12. The molecule has 0 spiro atoms. The largest absolute Gasteiger partial charge is 0.482 e. The van der Waals surface area contributed by atoms with Gasteiger partial charge in [0.05, 0.1) is 4.47 Å². The Bertz CT molecular complexity index is 762. The van der Waals surface area contributed by atoms with E-state index in [1.54, 1.807) is 12.1 Å². The summed E-state index contributed by atoms with van der Waals surface area (Å²) in [6.07, 6.45) is 0. The van der Waals surface area contributed by atoms with Gasteiger partial charge in [0.2, 0.25) is 0 Å². The van der Waals surface area contributed by atoms with E-state index in [-0.39, 0.29) is 23.8 Å². The van der Waals surface area contributed by atoms with Crippen molar-refractivity contribution in [2.24, 2.45) is 0 Å². The van der Waals surface area contributed by atoms with Gasteiger partial charge in [0, 0.05) is 10.2 Å². The summed E-state index contributed by atoms with van der Waals surface area (Å²) in [5.74, 6) is -1.40. The second-order valence-corrected chi connectivity index (χ2v) is 6.55. The van der Waals surface area contributed by atoms with E-state index < -0.39 is 5.97 Å². The Hall–Kier alpha value is -1.86. The summed E-state index contributed by atoms with van der Waals surface area (Å²) >= 11 is 6.46. The highest BCUT2D eigenvalue weighted by Gasteiger charge is 2.17. The molecule has 0 heterocycles. The molecular weight excluding hydrogens is 430 g/mol. The molecule has 0 bridgehead atoms. The molecule has 0 radical (unpaired) electrons. The second-order valence-electron chi connectivity index (χ2n) is 4.78. The number of amides is 1. The van der Waals surface area contributed by atoms with Crippen molar-refractivity contribution in [1.29, 1.82) is 0 Å². The molecular formula is C16H13Br2NO4. The van der Waals surface area contributed by atoms with Gasteiger partial charge >= 0.3 is 5.97 Å². The highest BCUT2D eigenvalue weighted by atomic mass is 79.9. The fraction of sp³-hybridized carbons (Fsp3) is 0.125. The molecule has 2 aromatic rings. The zero-order valence-corrected chi connectivity index (χ0v) is 15.3. The van der Waals surface area contributed by atoms with Gasteiger partial charge in [-0.15, -0.1) is 0 Å². The highest BCUT2D eigenvalue weighted by molar-refractivity contribution is 9.11.